The van der Waals surface area contributed by atoms with Crippen molar-refractivity contribution in [3.8, 4) is 11.4 Å². The van der Waals surface area contributed by atoms with Crippen LogP contribution >= 0.6 is 0 Å². The number of unbranched alkanes of at least 4 members (excludes halogenated alkanes) is 3. The van der Waals surface area contributed by atoms with Crippen molar-refractivity contribution in [1.82, 2.24) is 9.78 Å². The average molecular weight is 313 g/mol. The number of aromatic nitrogens is 2. The predicted molar refractivity (Wildman–Crippen MR) is 86.4 cm³/mol. The van der Waals surface area contributed by atoms with Gasteiger partial charge < -0.3 is 9.84 Å². The lowest BCUT2D eigenvalue weighted by molar-refractivity contribution is 0.0697. The molecule has 0 saturated carbocycles. The highest BCUT2D eigenvalue weighted by molar-refractivity contribution is 5.87. The zero-order chi connectivity index (χ0) is 16.7. The zero-order valence-electron chi connectivity index (χ0n) is 13.0. The summed E-state index contributed by atoms with van der Waals surface area (Å²) < 4.78 is 7.11. The van der Waals surface area contributed by atoms with Gasteiger partial charge in [-0.3, -0.25) is 0 Å². The van der Waals surface area contributed by atoms with Gasteiger partial charge in [0.05, 0.1) is 30.6 Å². The monoisotopic (exact) mass is 313 g/mol. The second-order valence-corrected chi connectivity index (χ2v) is 5.15. The topological polar surface area (TPSA) is 68.7 Å². The van der Waals surface area contributed by atoms with Crippen LogP contribution in [0.1, 0.15) is 43.0 Å². The fourth-order valence-corrected chi connectivity index (χ4v) is 2.14. The van der Waals surface area contributed by atoms with Crippen molar-refractivity contribution in [3.05, 3.63) is 47.6 Å². The van der Waals surface area contributed by atoms with Gasteiger partial charge in [-0.25, -0.2) is 14.3 Å². The molecule has 0 unspecified atom stereocenters. The van der Waals surface area contributed by atoms with E-state index >= 15 is 0 Å². The minimum absolute atomic E-state index is 0.102. The second-order valence-electron chi connectivity index (χ2n) is 5.15. The molecule has 1 N–H and O–H groups in total. The van der Waals surface area contributed by atoms with Crippen LogP contribution in [0.2, 0.25) is 0 Å². The molecule has 1 aromatic heterocycles. The van der Waals surface area contributed by atoms with E-state index in [1.54, 1.807) is 18.2 Å². The molecule has 0 aliphatic heterocycles. The maximum atomic E-state index is 10.9. The number of ether oxygens (including phenoxy) is 1. The van der Waals surface area contributed by atoms with Gasteiger partial charge in [0.2, 0.25) is 5.69 Å². The van der Waals surface area contributed by atoms with Gasteiger partial charge >= 0.3 is 5.97 Å². The van der Waals surface area contributed by atoms with E-state index in [1.807, 2.05) is 0 Å². The first-order chi connectivity index (χ1) is 11.2. The summed E-state index contributed by atoms with van der Waals surface area (Å²) in [6, 6.07) is 5.13. The van der Waals surface area contributed by atoms with Gasteiger partial charge in [-0.2, -0.15) is 5.10 Å². The standard InChI is InChI=1S/C17H19N3O3/c1-3-4-5-6-9-23-16-8-7-14(10-15(16)18-2)20-12-13(11-19-20)17(21)22/h7-8,10-12H,3-6,9H2,1H3,(H,21,22). The lowest BCUT2D eigenvalue weighted by Gasteiger charge is -2.09. The van der Waals surface area contributed by atoms with Gasteiger partial charge in [0.1, 0.15) is 5.75 Å². The number of aromatic carboxylic acids is 1. The first kappa shape index (κ1) is 16.6. The summed E-state index contributed by atoms with van der Waals surface area (Å²) in [4.78, 5) is 14.4. The van der Waals surface area contributed by atoms with Crippen molar-refractivity contribution in [1.29, 1.82) is 0 Å². The summed E-state index contributed by atoms with van der Waals surface area (Å²) in [5.74, 6) is -0.487. The molecule has 0 aliphatic rings. The van der Waals surface area contributed by atoms with Gasteiger partial charge in [-0.1, -0.05) is 26.2 Å². The van der Waals surface area contributed by atoms with Crippen LogP contribution in [-0.2, 0) is 0 Å². The Morgan fingerprint density at radius 2 is 2.22 bits per heavy atom. The molecule has 0 fully saturated rings. The normalized spacial score (nSPS) is 10.3. The van der Waals surface area contributed by atoms with Crippen LogP contribution in [0, 0.1) is 6.57 Å². The molecular weight excluding hydrogens is 294 g/mol. The molecule has 23 heavy (non-hydrogen) atoms. The van der Waals surface area contributed by atoms with Crippen LogP contribution in [-0.4, -0.2) is 27.5 Å². The van der Waals surface area contributed by atoms with Crippen LogP contribution < -0.4 is 4.74 Å². The van der Waals surface area contributed by atoms with E-state index in [0.717, 1.165) is 12.8 Å². The van der Waals surface area contributed by atoms with E-state index in [0.29, 0.717) is 23.7 Å². The summed E-state index contributed by atoms with van der Waals surface area (Å²) in [7, 11) is 0. The molecule has 2 rings (SSSR count). The largest absolute Gasteiger partial charge is 0.505 e. The molecule has 6 heteroatoms. The lowest BCUT2D eigenvalue weighted by Crippen LogP contribution is -1.99. The van der Waals surface area contributed by atoms with Gasteiger partial charge in [0.25, 0.3) is 0 Å². The Balaban J connectivity index is 2.09. The lowest BCUT2D eigenvalue weighted by atomic mass is 10.2. The van der Waals surface area contributed by atoms with Crippen LogP contribution in [0.3, 0.4) is 0 Å². The molecule has 0 radical (unpaired) electrons. The summed E-state index contributed by atoms with van der Waals surface area (Å²) in [5.41, 5.74) is 1.12. The fraction of sp³-hybridized carbons (Fsp3) is 0.353. The SMILES string of the molecule is [C-]#[N+]c1cc(-n2cc(C(=O)O)cn2)ccc1OCCCCCC. The Bertz CT molecular complexity index is 716. The Morgan fingerprint density at radius 1 is 1.39 bits per heavy atom. The Labute approximate surface area is 135 Å². The highest BCUT2D eigenvalue weighted by Gasteiger charge is 2.10. The van der Waals surface area contributed by atoms with Crippen LogP contribution in [0.15, 0.2) is 30.6 Å². The zero-order valence-corrected chi connectivity index (χ0v) is 13.0. The maximum Gasteiger partial charge on any atom is 0.338 e. The molecule has 0 spiro atoms. The number of nitrogens with zero attached hydrogens (tertiary/aromatic N) is 3. The van der Waals surface area contributed by atoms with E-state index < -0.39 is 5.97 Å². The van der Waals surface area contributed by atoms with Crippen molar-refractivity contribution in [2.75, 3.05) is 6.61 Å². The van der Waals surface area contributed by atoms with E-state index in [4.69, 9.17) is 16.4 Å². The van der Waals surface area contributed by atoms with Crippen molar-refractivity contribution in [2.24, 2.45) is 0 Å². The van der Waals surface area contributed by atoms with Crippen LogP contribution in [0.4, 0.5) is 5.69 Å². The summed E-state index contributed by atoms with van der Waals surface area (Å²) in [5, 5.41) is 12.9. The number of rotatable bonds is 8. The molecule has 0 saturated heterocycles. The third-order valence-corrected chi connectivity index (χ3v) is 3.41. The van der Waals surface area contributed by atoms with Gasteiger partial charge in [-0.15, -0.1) is 0 Å². The molecule has 0 amide bonds. The minimum atomic E-state index is -1.03. The molecular formula is C17H19N3O3. The fourth-order valence-electron chi connectivity index (χ4n) is 2.14. The molecule has 1 heterocycles. The third kappa shape index (κ3) is 4.33. The number of carbonyl (C=O) groups is 1. The van der Waals surface area contributed by atoms with Crippen molar-refractivity contribution < 1.29 is 14.6 Å². The van der Waals surface area contributed by atoms with Crippen LogP contribution in [0.25, 0.3) is 10.5 Å². The highest BCUT2D eigenvalue weighted by atomic mass is 16.5. The van der Waals surface area contributed by atoms with Gasteiger partial charge in [-0.05, 0) is 24.6 Å². The number of benzene rings is 1. The average Bonchev–Trinajstić information content (AvgIpc) is 3.05. The smallest absolute Gasteiger partial charge is 0.338 e. The van der Waals surface area contributed by atoms with Crippen LogP contribution in [0.5, 0.6) is 5.75 Å². The Morgan fingerprint density at radius 3 is 2.87 bits per heavy atom. The quantitative estimate of drug-likeness (QED) is 0.589. The minimum Gasteiger partial charge on any atom is -0.505 e. The maximum absolute atomic E-state index is 10.9. The number of hydrogen-bond acceptors (Lipinski definition) is 3. The van der Waals surface area contributed by atoms with Crippen molar-refractivity contribution in [3.63, 3.8) is 0 Å². The van der Waals surface area contributed by atoms with E-state index in [9.17, 15) is 4.79 Å². The molecule has 120 valence electrons. The van der Waals surface area contributed by atoms with E-state index in [2.05, 4.69) is 16.9 Å². The van der Waals surface area contributed by atoms with Crippen molar-refractivity contribution >= 4 is 11.7 Å². The molecule has 2 aromatic rings. The number of carboxylic acids is 1. The molecule has 0 aliphatic carbocycles. The first-order valence-corrected chi connectivity index (χ1v) is 7.58. The summed E-state index contributed by atoms with van der Waals surface area (Å²) in [6.45, 7) is 10.0. The first-order valence-electron chi connectivity index (χ1n) is 7.58. The molecule has 1 aromatic carbocycles. The molecule has 0 bridgehead atoms. The van der Waals surface area contributed by atoms with E-state index in [-0.39, 0.29) is 5.56 Å². The third-order valence-electron chi connectivity index (χ3n) is 3.41. The Hall–Kier alpha value is -2.81. The van der Waals surface area contributed by atoms with Gasteiger partial charge in [0, 0.05) is 6.20 Å². The van der Waals surface area contributed by atoms with Gasteiger partial charge in [0.15, 0.2) is 0 Å². The highest BCUT2D eigenvalue weighted by Crippen LogP contribution is 2.30. The second kappa shape index (κ2) is 7.99. The molecule has 0 atom stereocenters. The van der Waals surface area contributed by atoms with E-state index in [1.165, 1.54) is 29.9 Å². The Kier molecular flexibility index (Phi) is 5.75. The number of hydrogen-bond donors (Lipinski definition) is 1. The predicted octanol–water partition coefficient (Wildman–Crippen LogP) is 4.08. The molecule has 6 nitrogen and oxygen atoms in total. The number of carboxylic acid groups (broad SMARTS) is 1. The van der Waals surface area contributed by atoms with Crippen molar-refractivity contribution in [2.45, 2.75) is 32.6 Å². The summed E-state index contributed by atoms with van der Waals surface area (Å²) >= 11 is 0. The summed E-state index contributed by atoms with van der Waals surface area (Å²) in [6.07, 6.45) is 7.13.